The molecular weight excluding hydrogens is 272 g/mol. The Kier molecular flexibility index (Phi) is 2.43. The molecule has 0 saturated carbocycles. The highest BCUT2D eigenvalue weighted by Crippen LogP contribution is 2.27. The van der Waals surface area contributed by atoms with Crippen LogP contribution in [0.15, 0.2) is 9.59 Å². The molecule has 0 aromatic carbocycles. The van der Waals surface area contributed by atoms with Crippen molar-refractivity contribution in [3.8, 4) is 0 Å². The molecule has 2 aromatic heterocycles. The van der Waals surface area contributed by atoms with Crippen molar-refractivity contribution in [2.45, 2.75) is 12.3 Å². The Morgan fingerprint density at radius 3 is 2.68 bits per heavy atom. The standard InChI is InChI=1S/C10H12N4O4S/c1-14-8-6(9(15)13-10(14)16)11-7(12-8)5-2-3-19(17,18)4-5/h5H,2-4H2,1H3,(H,11,12)(H,13,15,16). The Morgan fingerprint density at radius 1 is 1.32 bits per heavy atom. The van der Waals surface area contributed by atoms with Crippen molar-refractivity contribution in [1.82, 2.24) is 19.5 Å². The Bertz CT molecular complexity index is 873. The first-order chi connectivity index (χ1) is 8.87. The Balaban J connectivity index is 2.18. The summed E-state index contributed by atoms with van der Waals surface area (Å²) in [6.45, 7) is 0. The molecule has 3 rings (SSSR count). The summed E-state index contributed by atoms with van der Waals surface area (Å²) in [5, 5.41) is 0. The van der Waals surface area contributed by atoms with Gasteiger partial charge < -0.3 is 4.98 Å². The number of H-pyrrole nitrogens is 2. The molecule has 8 nitrogen and oxygen atoms in total. The van der Waals surface area contributed by atoms with E-state index >= 15 is 0 Å². The number of nitrogens with one attached hydrogen (secondary N) is 2. The van der Waals surface area contributed by atoms with Crippen LogP contribution in [-0.2, 0) is 16.9 Å². The molecule has 1 fully saturated rings. The van der Waals surface area contributed by atoms with E-state index in [-0.39, 0.29) is 28.6 Å². The van der Waals surface area contributed by atoms with E-state index in [1.807, 2.05) is 0 Å². The summed E-state index contributed by atoms with van der Waals surface area (Å²) < 4.78 is 24.1. The Labute approximate surface area is 107 Å². The highest BCUT2D eigenvalue weighted by molar-refractivity contribution is 7.91. The second-order valence-corrected chi connectivity index (χ2v) is 6.97. The number of fused-ring (bicyclic) bond motifs is 1. The molecule has 19 heavy (non-hydrogen) atoms. The minimum atomic E-state index is -3.02. The fraction of sp³-hybridized carbons (Fsp3) is 0.500. The number of nitrogens with zero attached hydrogens (tertiary/aromatic N) is 2. The van der Waals surface area contributed by atoms with Crippen molar-refractivity contribution < 1.29 is 8.42 Å². The van der Waals surface area contributed by atoms with Gasteiger partial charge in [0.15, 0.2) is 15.5 Å². The third-order valence-electron chi connectivity index (χ3n) is 3.39. The number of imidazole rings is 1. The van der Waals surface area contributed by atoms with E-state index in [1.165, 1.54) is 11.6 Å². The van der Waals surface area contributed by atoms with E-state index in [0.29, 0.717) is 12.2 Å². The van der Waals surface area contributed by atoms with Gasteiger partial charge >= 0.3 is 5.69 Å². The molecule has 0 amide bonds. The predicted octanol–water partition coefficient (Wildman–Crippen LogP) is -1.15. The summed E-state index contributed by atoms with van der Waals surface area (Å²) in [5.74, 6) is 0.359. The first kappa shape index (κ1) is 12.2. The van der Waals surface area contributed by atoms with Crippen molar-refractivity contribution >= 4 is 21.0 Å². The number of aromatic nitrogens is 4. The number of hydrogen-bond donors (Lipinski definition) is 2. The predicted molar refractivity (Wildman–Crippen MR) is 68.0 cm³/mol. The van der Waals surface area contributed by atoms with Crippen LogP contribution in [0.3, 0.4) is 0 Å². The highest BCUT2D eigenvalue weighted by atomic mass is 32.2. The monoisotopic (exact) mass is 284 g/mol. The molecule has 1 aliphatic rings. The van der Waals surface area contributed by atoms with E-state index < -0.39 is 21.1 Å². The van der Waals surface area contributed by atoms with E-state index in [0.717, 1.165) is 0 Å². The summed E-state index contributed by atoms with van der Waals surface area (Å²) in [5.41, 5.74) is -0.651. The van der Waals surface area contributed by atoms with Gasteiger partial charge in [-0.1, -0.05) is 0 Å². The zero-order chi connectivity index (χ0) is 13.8. The molecule has 1 aliphatic heterocycles. The first-order valence-corrected chi connectivity index (χ1v) is 7.59. The van der Waals surface area contributed by atoms with Gasteiger partial charge in [0, 0.05) is 13.0 Å². The first-order valence-electron chi connectivity index (χ1n) is 5.77. The van der Waals surface area contributed by atoms with Crippen LogP contribution in [0.25, 0.3) is 11.2 Å². The van der Waals surface area contributed by atoms with Gasteiger partial charge in [0.05, 0.1) is 11.5 Å². The summed E-state index contributed by atoms with van der Waals surface area (Å²) in [4.78, 5) is 32.3. The summed E-state index contributed by atoms with van der Waals surface area (Å²) in [7, 11) is -1.53. The molecule has 2 N–H and O–H groups in total. The normalized spacial score (nSPS) is 22.1. The van der Waals surface area contributed by atoms with Gasteiger partial charge in [0.2, 0.25) is 0 Å². The maximum absolute atomic E-state index is 11.6. The van der Waals surface area contributed by atoms with E-state index in [2.05, 4.69) is 15.0 Å². The van der Waals surface area contributed by atoms with E-state index in [9.17, 15) is 18.0 Å². The van der Waals surface area contributed by atoms with Crippen molar-refractivity contribution in [1.29, 1.82) is 0 Å². The average Bonchev–Trinajstić information content (AvgIpc) is 2.90. The SMILES string of the molecule is Cn1c(=O)[nH]c(=O)c2[nH]c(C3CCS(=O)(=O)C3)nc21. The van der Waals surface area contributed by atoms with Gasteiger partial charge in [-0.15, -0.1) is 0 Å². The number of rotatable bonds is 1. The second kappa shape index (κ2) is 3.80. The maximum Gasteiger partial charge on any atom is 0.329 e. The van der Waals surface area contributed by atoms with Crippen LogP contribution in [0.2, 0.25) is 0 Å². The van der Waals surface area contributed by atoms with Crippen LogP contribution in [0.5, 0.6) is 0 Å². The third-order valence-corrected chi connectivity index (χ3v) is 5.16. The molecule has 0 spiro atoms. The lowest BCUT2D eigenvalue weighted by atomic mass is 10.1. The van der Waals surface area contributed by atoms with Gasteiger partial charge in [0.25, 0.3) is 5.56 Å². The molecule has 0 radical (unpaired) electrons. The minimum absolute atomic E-state index is 0.0265. The highest BCUT2D eigenvalue weighted by Gasteiger charge is 2.31. The zero-order valence-corrected chi connectivity index (χ0v) is 11.0. The summed E-state index contributed by atoms with van der Waals surface area (Å²) >= 11 is 0. The lowest BCUT2D eigenvalue weighted by Crippen LogP contribution is -2.28. The second-order valence-electron chi connectivity index (χ2n) is 4.74. The summed E-state index contributed by atoms with van der Waals surface area (Å²) in [6.07, 6.45) is 0.480. The van der Waals surface area contributed by atoms with Gasteiger partial charge in [-0.05, 0) is 6.42 Å². The molecule has 1 atom stereocenters. The molecule has 3 heterocycles. The number of aryl methyl sites for hydroxylation is 1. The quantitative estimate of drug-likeness (QED) is 0.685. The molecular formula is C10H12N4O4S. The van der Waals surface area contributed by atoms with E-state index in [1.54, 1.807) is 0 Å². The van der Waals surface area contributed by atoms with Crippen LogP contribution in [0, 0.1) is 0 Å². The van der Waals surface area contributed by atoms with Crippen molar-refractivity contribution in [3.05, 3.63) is 26.7 Å². The molecule has 2 aromatic rings. The van der Waals surface area contributed by atoms with Crippen LogP contribution in [0.4, 0.5) is 0 Å². The van der Waals surface area contributed by atoms with Gasteiger partial charge in [-0.2, -0.15) is 0 Å². The Morgan fingerprint density at radius 2 is 2.05 bits per heavy atom. The molecule has 1 saturated heterocycles. The molecule has 0 bridgehead atoms. The number of sulfone groups is 1. The van der Waals surface area contributed by atoms with Gasteiger partial charge in [-0.25, -0.2) is 18.2 Å². The fourth-order valence-electron chi connectivity index (χ4n) is 2.33. The summed E-state index contributed by atoms with van der Waals surface area (Å²) in [6, 6.07) is 0. The zero-order valence-electron chi connectivity index (χ0n) is 10.1. The molecule has 102 valence electrons. The van der Waals surface area contributed by atoms with Crippen LogP contribution >= 0.6 is 0 Å². The number of aromatic amines is 2. The molecule has 1 unspecified atom stereocenters. The largest absolute Gasteiger partial charge is 0.336 e. The molecule has 0 aliphatic carbocycles. The minimum Gasteiger partial charge on any atom is -0.336 e. The fourth-order valence-corrected chi connectivity index (χ4v) is 4.07. The van der Waals surface area contributed by atoms with Crippen LogP contribution < -0.4 is 11.2 Å². The smallest absolute Gasteiger partial charge is 0.329 e. The lowest BCUT2D eigenvalue weighted by molar-refractivity contribution is 0.601. The van der Waals surface area contributed by atoms with Crippen molar-refractivity contribution in [2.75, 3.05) is 11.5 Å². The van der Waals surface area contributed by atoms with Crippen molar-refractivity contribution in [3.63, 3.8) is 0 Å². The third kappa shape index (κ3) is 1.89. The van der Waals surface area contributed by atoms with E-state index in [4.69, 9.17) is 0 Å². The molecule has 9 heteroatoms. The van der Waals surface area contributed by atoms with Crippen LogP contribution in [0.1, 0.15) is 18.2 Å². The van der Waals surface area contributed by atoms with Gasteiger partial charge in [0.1, 0.15) is 11.3 Å². The lowest BCUT2D eigenvalue weighted by Gasteiger charge is -2.01. The number of hydrogen-bond acceptors (Lipinski definition) is 5. The van der Waals surface area contributed by atoms with Crippen molar-refractivity contribution in [2.24, 2.45) is 7.05 Å². The topological polar surface area (TPSA) is 118 Å². The Hall–Kier alpha value is -1.90. The van der Waals surface area contributed by atoms with Gasteiger partial charge in [-0.3, -0.25) is 14.3 Å². The average molecular weight is 284 g/mol. The van der Waals surface area contributed by atoms with Crippen LogP contribution in [-0.4, -0.2) is 39.4 Å². The maximum atomic E-state index is 11.6.